The Morgan fingerprint density at radius 1 is 0.667 bits per heavy atom. The SMILES string of the molecule is O=[N+]([O-])c1cc(Cl)c(Cl)cc1SSc1cc(Cl)c(Cl)cc1[N+](=O)[O-]. The van der Waals surface area contributed by atoms with E-state index in [0.717, 1.165) is 33.7 Å². The molecule has 0 unspecified atom stereocenters. The van der Waals surface area contributed by atoms with Gasteiger partial charge in [0, 0.05) is 12.1 Å². The molecular formula is C12H4Cl4N2O4S2. The second-order valence-corrected chi connectivity index (χ2v) is 7.99. The molecule has 0 aliphatic carbocycles. The summed E-state index contributed by atoms with van der Waals surface area (Å²) in [5.74, 6) is 0. The first-order valence-corrected chi connectivity index (χ1v) is 9.48. The first kappa shape index (κ1) is 19.4. The molecule has 2 aromatic carbocycles. The molecule has 2 aromatic rings. The molecule has 0 aliphatic heterocycles. The van der Waals surface area contributed by atoms with Gasteiger partial charge in [0.25, 0.3) is 11.4 Å². The lowest BCUT2D eigenvalue weighted by molar-refractivity contribution is -0.387. The van der Waals surface area contributed by atoms with E-state index >= 15 is 0 Å². The third-order valence-electron chi connectivity index (χ3n) is 2.62. The largest absolute Gasteiger partial charge is 0.285 e. The minimum Gasteiger partial charge on any atom is -0.258 e. The third kappa shape index (κ3) is 4.38. The monoisotopic (exact) mass is 444 g/mol. The summed E-state index contributed by atoms with van der Waals surface area (Å²) in [6.07, 6.45) is 0. The van der Waals surface area contributed by atoms with Crippen LogP contribution < -0.4 is 0 Å². The van der Waals surface area contributed by atoms with E-state index in [0.29, 0.717) is 0 Å². The van der Waals surface area contributed by atoms with E-state index in [-0.39, 0.29) is 41.3 Å². The summed E-state index contributed by atoms with van der Waals surface area (Å²) in [6, 6.07) is 4.89. The fraction of sp³-hybridized carbons (Fsp3) is 0. The lowest BCUT2D eigenvalue weighted by Crippen LogP contribution is -1.92. The molecule has 0 atom stereocenters. The Labute approximate surface area is 163 Å². The second kappa shape index (κ2) is 7.99. The van der Waals surface area contributed by atoms with E-state index in [1.165, 1.54) is 12.1 Å². The van der Waals surface area contributed by atoms with Crippen LogP contribution in [-0.4, -0.2) is 9.85 Å². The molecule has 0 saturated carbocycles. The van der Waals surface area contributed by atoms with Crippen LogP contribution in [0.5, 0.6) is 0 Å². The number of hydrogen-bond donors (Lipinski definition) is 0. The van der Waals surface area contributed by atoms with E-state index in [2.05, 4.69) is 0 Å². The van der Waals surface area contributed by atoms with Crippen molar-refractivity contribution in [1.82, 2.24) is 0 Å². The molecule has 126 valence electrons. The molecular weight excluding hydrogens is 442 g/mol. The zero-order valence-electron chi connectivity index (χ0n) is 11.2. The van der Waals surface area contributed by atoms with Crippen LogP contribution >= 0.6 is 68.0 Å². The molecule has 0 bridgehead atoms. The van der Waals surface area contributed by atoms with Gasteiger partial charge in [-0.1, -0.05) is 46.4 Å². The summed E-state index contributed by atoms with van der Waals surface area (Å²) in [5.41, 5.74) is -0.519. The highest BCUT2D eigenvalue weighted by atomic mass is 35.5. The van der Waals surface area contributed by atoms with Gasteiger partial charge in [-0.15, -0.1) is 0 Å². The Hall–Kier alpha value is -0.900. The van der Waals surface area contributed by atoms with Crippen LogP contribution in [0.3, 0.4) is 0 Å². The van der Waals surface area contributed by atoms with Gasteiger partial charge in [0.05, 0.1) is 39.7 Å². The smallest absolute Gasteiger partial charge is 0.258 e. The predicted molar refractivity (Wildman–Crippen MR) is 97.9 cm³/mol. The van der Waals surface area contributed by atoms with Gasteiger partial charge in [-0.25, -0.2) is 0 Å². The van der Waals surface area contributed by atoms with Crippen LogP contribution in [0.2, 0.25) is 20.1 Å². The third-order valence-corrected chi connectivity index (χ3v) is 6.49. The van der Waals surface area contributed by atoms with Gasteiger partial charge in [-0.3, -0.25) is 20.2 Å². The van der Waals surface area contributed by atoms with Crippen molar-refractivity contribution in [3.05, 3.63) is 64.6 Å². The summed E-state index contributed by atoms with van der Waals surface area (Å²) in [4.78, 5) is 21.4. The molecule has 0 fully saturated rings. The van der Waals surface area contributed by atoms with Crippen LogP contribution in [-0.2, 0) is 0 Å². The Kier molecular flexibility index (Phi) is 6.46. The average Bonchev–Trinajstić information content (AvgIpc) is 2.50. The van der Waals surface area contributed by atoms with Crippen LogP contribution in [0.15, 0.2) is 34.1 Å². The minimum atomic E-state index is -0.617. The summed E-state index contributed by atoms with van der Waals surface area (Å²) in [6.45, 7) is 0. The molecule has 0 heterocycles. The number of rotatable bonds is 5. The van der Waals surface area contributed by atoms with Crippen LogP contribution in [0.25, 0.3) is 0 Å². The van der Waals surface area contributed by atoms with Crippen molar-refractivity contribution in [3.8, 4) is 0 Å². The van der Waals surface area contributed by atoms with Crippen molar-refractivity contribution in [2.24, 2.45) is 0 Å². The Balaban J connectivity index is 2.38. The maximum absolute atomic E-state index is 11.1. The first-order valence-electron chi connectivity index (χ1n) is 5.82. The molecule has 24 heavy (non-hydrogen) atoms. The highest BCUT2D eigenvalue weighted by Gasteiger charge is 2.22. The van der Waals surface area contributed by atoms with E-state index in [1.54, 1.807) is 0 Å². The summed E-state index contributed by atoms with van der Waals surface area (Å²) < 4.78 is 0. The van der Waals surface area contributed by atoms with Crippen molar-refractivity contribution in [2.75, 3.05) is 0 Å². The molecule has 0 spiro atoms. The topological polar surface area (TPSA) is 86.3 Å². The molecule has 12 heteroatoms. The highest BCUT2D eigenvalue weighted by molar-refractivity contribution is 8.76. The van der Waals surface area contributed by atoms with E-state index in [9.17, 15) is 20.2 Å². The fourth-order valence-electron chi connectivity index (χ4n) is 1.54. The highest BCUT2D eigenvalue weighted by Crippen LogP contribution is 2.48. The molecule has 0 radical (unpaired) electrons. The van der Waals surface area contributed by atoms with E-state index < -0.39 is 9.85 Å². The van der Waals surface area contributed by atoms with Crippen LogP contribution in [0, 0.1) is 20.2 Å². The lowest BCUT2D eigenvalue weighted by Gasteiger charge is -2.06. The van der Waals surface area contributed by atoms with Crippen molar-refractivity contribution >= 4 is 79.4 Å². The van der Waals surface area contributed by atoms with Gasteiger partial charge >= 0.3 is 0 Å². The summed E-state index contributed by atoms with van der Waals surface area (Å²) in [5, 5.41) is 22.6. The van der Waals surface area contributed by atoms with Gasteiger partial charge in [0.2, 0.25) is 0 Å². The van der Waals surface area contributed by atoms with Crippen molar-refractivity contribution in [2.45, 2.75) is 9.79 Å². The van der Waals surface area contributed by atoms with Gasteiger partial charge < -0.3 is 0 Å². The summed E-state index contributed by atoms with van der Waals surface area (Å²) >= 11 is 23.3. The predicted octanol–water partition coefficient (Wildman–Crippen LogP) is 6.92. The number of halogens is 4. The van der Waals surface area contributed by atoms with E-state index in [1.807, 2.05) is 0 Å². The van der Waals surface area contributed by atoms with Gasteiger partial charge in [0.1, 0.15) is 0 Å². The maximum Gasteiger partial charge on any atom is 0.285 e. The Morgan fingerprint density at radius 3 is 1.25 bits per heavy atom. The zero-order chi connectivity index (χ0) is 18.0. The molecule has 0 N–H and O–H groups in total. The quantitative estimate of drug-likeness (QED) is 0.282. The molecule has 0 aromatic heterocycles. The number of nitro benzene ring substituents is 2. The Morgan fingerprint density at radius 2 is 0.958 bits per heavy atom. The summed E-state index contributed by atoms with van der Waals surface area (Å²) in [7, 11) is 1.85. The number of nitro groups is 2. The Bertz CT molecular complexity index is 781. The van der Waals surface area contributed by atoms with E-state index in [4.69, 9.17) is 46.4 Å². The van der Waals surface area contributed by atoms with Crippen molar-refractivity contribution < 1.29 is 9.85 Å². The molecule has 0 amide bonds. The number of benzene rings is 2. The number of nitrogens with zero attached hydrogens (tertiary/aromatic N) is 2. The minimum absolute atomic E-state index is 0.0400. The molecule has 6 nitrogen and oxygen atoms in total. The van der Waals surface area contributed by atoms with Gasteiger partial charge in [-0.2, -0.15) is 0 Å². The van der Waals surface area contributed by atoms with Gasteiger partial charge in [-0.05, 0) is 33.7 Å². The van der Waals surface area contributed by atoms with Gasteiger partial charge in [0.15, 0.2) is 0 Å². The molecule has 0 aliphatic rings. The van der Waals surface area contributed by atoms with Crippen LogP contribution in [0.1, 0.15) is 0 Å². The number of hydrogen-bond acceptors (Lipinski definition) is 6. The molecule has 0 saturated heterocycles. The normalized spacial score (nSPS) is 10.7. The average molecular weight is 446 g/mol. The second-order valence-electron chi connectivity index (χ2n) is 4.15. The van der Waals surface area contributed by atoms with Crippen molar-refractivity contribution in [1.29, 1.82) is 0 Å². The maximum atomic E-state index is 11.1. The van der Waals surface area contributed by atoms with Crippen molar-refractivity contribution in [3.63, 3.8) is 0 Å². The molecule has 2 rings (SSSR count). The van der Waals surface area contributed by atoms with Crippen LogP contribution in [0.4, 0.5) is 11.4 Å². The lowest BCUT2D eigenvalue weighted by atomic mass is 10.3. The zero-order valence-corrected chi connectivity index (χ0v) is 15.8. The fourth-order valence-corrected chi connectivity index (χ4v) is 4.61. The standard InChI is InChI=1S/C12H4Cl4N2O4S2/c13-5-1-9(17(19)20)11(3-7(5)15)23-24-12-4-8(16)6(14)2-10(12)18(21)22/h1-4H. The first-order chi connectivity index (χ1) is 11.2.